The molecule has 0 radical (unpaired) electrons. The number of aliphatic hydroxyl groups is 2. The summed E-state index contributed by atoms with van der Waals surface area (Å²) in [5.41, 5.74) is -1.22. The van der Waals surface area contributed by atoms with E-state index in [9.17, 15) is 29.4 Å². The molecule has 5 heterocycles. The van der Waals surface area contributed by atoms with E-state index in [0.29, 0.717) is 31.8 Å². The molecule has 5 fully saturated rings. The second-order valence-electron chi connectivity index (χ2n) is 23.7. The summed E-state index contributed by atoms with van der Waals surface area (Å²) in [4.78, 5) is 82.9. The molecule has 7 rings (SSSR count). The van der Waals surface area contributed by atoms with E-state index in [1.54, 1.807) is 44.5 Å². The van der Waals surface area contributed by atoms with Crippen LogP contribution in [0.1, 0.15) is 112 Å². The van der Waals surface area contributed by atoms with E-state index in [-0.39, 0.29) is 74.4 Å². The number of carbonyl (C=O) groups excluding carboxylic acids is 5. The first-order valence-electron chi connectivity index (χ1n) is 28.2. The third-order valence-electron chi connectivity index (χ3n) is 16.7. The molecular formula is C59H88N6O13. The number of hydrogen-bond acceptors (Lipinski definition) is 14. The molecule has 0 spiro atoms. The lowest BCUT2D eigenvalue weighted by Gasteiger charge is -2.48. The van der Waals surface area contributed by atoms with Gasteiger partial charge in [-0.25, -0.2) is 4.99 Å². The Labute approximate surface area is 461 Å². The van der Waals surface area contributed by atoms with Crippen molar-refractivity contribution >= 4 is 35.4 Å². The SMILES string of the molecule is CO[C@]1(C)C[C@H](O[C@H]2[C@H](C)[C@@H](O[C@@H]3O[C@H](C)C[C@H]4[C@H]3OC(=NC(C)C)N4C)[C@](C)(O)C[C@@H](C)CN(C)C(=O)[C@@H]3CCCN3C(=O)[C@H](Cc3ccccc3)NC(=O)CNC(=O)[C@H](Cc3ccccc3)CC(=O)[C@@H]2C)O[C@@H](C)[C@@H]1O. The number of benzene rings is 2. The first-order valence-corrected chi connectivity index (χ1v) is 28.2. The van der Waals surface area contributed by atoms with Gasteiger partial charge in [-0.1, -0.05) is 81.4 Å². The zero-order valence-electron chi connectivity index (χ0n) is 48.0. The summed E-state index contributed by atoms with van der Waals surface area (Å²) in [5, 5.41) is 30.2. The maximum atomic E-state index is 15.3. The van der Waals surface area contributed by atoms with Crippen LogP contribution in [-0.4, -0.2) is 186 Å². The van der Waals surface area contributed by atoms with Crippen LogP contribution in [0, 0.1) is 23.7 Å². The van der Waals surface area contributed by atoms with Crippen LogP contribution in [0.15, 0.2) is 65.7 Å². The third kappa shape index (κ3) is 14.5. The smallest absolute Gasteiger partial charge is 0.288 e. The maximum absolute atomic E-state index is 15.3. The lowest BCUT2D eigenvalue weighted by molar-refractivity contribution is -0.313. The fourth-order valence-corrected chi connectivity index (χ4v) is 12.5. The van der Waals surface area contributed by atoms with E-state index in [4.69, 9.17) is 33.4 Å². The van der Waals surface area contributed by atoms with Crippen LogP contribution < -0.4 is 10.6 Å². The molecule has 78 heavy (non-hydrogen) atoms. The Kier molecular flexibility index (Phi) is 20.2. The highest BCUT2D eigenvalue weighted by molar-refractivity contribution is 5.94. The second kappa shape index (κ2) is 26.1. The number of rotatable bonds is 10. The van der Waals surface area contributed by atoms with Gasteiger partial charge in [0.25, 0.3) is 6.02 Å². The third-order valence-corrected chi connectivity index (χ3v) is 16.7. The normalized spacial score (nSPS) is 37.8. The van der Waals surface area contributed by atoms with E-state index in [2.05, 4.69) is 10.6 Å². The van der Waals surface area contributed by atoms with Crippen LogP contribution in [-0.2, 0) is 65.2 Å². The lowest BCUT2D eigenvalue weighted by atomic mass is 9.76. The Morgan fingerprint density at radius 2 is 1.53 bits per heavy atom. The molecule has 5 aliphatic heterocycles. The number of likely N-dealkylation sites (N-methyl/N-ethyl adjacent to an activating group) is 2. The molecule has 4 amide bonds. The molecule has 0 aliphatic carbocycles. The van der Waals surface area contributed by atoms with Gasteiger partial charge in [-0.05, 0) is 90.7 Å². The van der Waals surface area contributed by atoms with Crippen molar-refractivity contribution in [3.8, 4) is 0 Å². The van der Waals surface area contributed by atoms with Gasteiger partial charge in [0, 0.05) is 77.4 Å². The number of aliphatic hydroxyl groups excluding tert-OH is 1. The number of hydrogen-bond donors (Lipinski definition) is 4. The minimum absolute atomic E-state index is 0.0634. The quantitative estimate of drug-likeness (QED) is 0.258. The van der Waals surface area contributed by atoms with E-state index >= 15 is 4.79 Å². The van der Waals surface area contributed by atoms with Crippen LogP contribution in [0.4, 0.5) is 0 Å². The molecule has 5 aliphatic rings. The van der Waals surface area contributed by atoms with Crippen molar-refractivity contribution in [3.05, 3.63) is 71.8 Å². The fraction of sp³-hybridized carbons (Fsp3) is 0.695. The van der Waals surface area contributed by atoms with Crippen molar-refractivity contribution in [2.75, 3.05) is 40.8 Å². The van der Waals surface area contributed by atoms with E-state index in [1.807, 2.05) is 107 Å². The topological polar surface area (TPSA) is 227 Å². The van der Waals surface area contributed by atoms with Crippen molar-refractivity contribution in [3.63, 3.8) is 0 Å². The number of Topliss-reactive ketones (excluding diaryl/α,β-unsaturated/α-hetero) is 1. The van der Waals surface area contributed by atoms with Gasteiger partial charge in [-0.2, -0.15) is 0 Å². The number of methoxy groups -OCH3 is 1. The number of amides is 4. The lowest BCUT2D eigenvalue weighted by Crippen LogP contribution is -2.60. The number of ether oxygens (including phenoxy) is 6. The Balaban J connectivity index is 1.30. The van der Waals surface area contributed by atoms with Crippen molar-refractivity contribution in [2.24, 2.45) is 28.7 Å². The van der Waals surface area contributed by atoms with Gasteiger partial charge in [0.05, 0.1) is 48.2 Å². The van der Waals surface area contributed by atoms with Crippen LogP contribution in [0.25, 0.3) is 0 Å². The van der Waals surface area contributed by atoms with Crippen LogP contribution in [0.5, 0.6) is 0 Å². The summed E-state index contributed by atoms with van der Waals surface area (Å²) in [7, 11) is 5.13. The molecule has 432 valence electrons. The van der Waals surface area contributed by atoms with Gasteiger partial charge < -0.3 is 64.0 Å². The number of nitrogens with one attached hydrogen (secondary N) is 2. The molecule has 0 unspecified atom stereocenters. The molecule has 0 saturated carbocycles. The standard InChI is InChI=1S/C59H88N6O13/c1-34(2)61-57-64(11)45-26-36(4)74-56(50(45)77-57)78-52-38(6)49(76-48-31-59(9,73-12)51(68)39(7)75-48)37(5)46(66)29-42(27-40-20-15-13-16-21-40)53(69)60-32-47(67)62-43(28-41-22-17-14-18-23-41)54(70)65-25-19-24-44(65)55(71)63(10)33-35(3)30-58(52,8)72/h13-18,20-23,34-39,42-45,48-52,56,68,72H,19,24-33H2,1-12H3,(H,60,69)(H,62,67)/t35-,36-,37+,38+,39+,42-,43+,44+,45+,48+,49-,50-,51+,52-,56+,58-,59-/m1/s1. The molecule has 0 bridgehead atoms. The fourth-order valence-electron chi connectivity index (χ4n) is 12.5. The summed E-state index contributed by atoms with van der Waals surface area (Å²) in [6.45, 7) is 16.6. The van der Waals surface area contributed by atoms with Crippen molar-refractivity contribution in [1.82, 2.24) is 25.3 Å². The van der Waals surface area contributed by atoms with Crippen molar-refractivity contribution < 1.29 is 62.6 Å². The number of carbonyl (C=O) groups is 5. The maximum Gasteiger partial charge on any atom is 0.288 e. The Morgan fingerprint density at radius 3 is 2.17 bits per heavy atom. The Bertz CT molecular complexity index is 2390. The summed E-state index contributed by atoms with van der Waals surface area (Å²) in [6.07, 6.45) is -5.13. The predicted octanol–water partition coefficient (Wildman–Crippen LogP) is 4.43. The minimum Gasteiger partial charge on any atom is -0.454 e. The number of ketones is 1. The van der Waals surface area contributed by atoms with Gasteiger partial charge in [0.2, 0.25) is 23.6 Å². The van der Waals surface area contributed by atoms with Gasteiger partial charge in [-0.3, -0.25) is 24.0 Å². The predicted molar refractivity (Wildman–Crippen MR) is 292 cm³/mol. The van der Waals surface area contributed by atoms with Gasteiger partial charge in [0.15, 0.2) is 18.7 Å². The molecule has 0 aromatic heterocycles. The van der Waals surface area contributed by atoms with E-state index < -0.39 is 108 Å². The second-order valence-corrected chi connectivity index (χ2v) is 23.7. The molecule has 5 saturated heterocycles. The zero-order valence-corrected chi connectivity index (χ0v) is 48.0. The summed E-state index contributed by atoms with van der Waals surface area (Å²) < 4.78 is 39.6. The first kappa shape index (κ1) is 60.6. The average Bonchev–Trinajstić information content (AvgIpc) is 4.11. The molecule has 19 heteroatoms. The summed E-state index contributed by atoms with van der Waals surface area (Å²) in [6, 6.07) is 16.9. The monoisotopic (exact) mass is 1090 g/mol. The highest BCUT2D eigenvalue weighted by atomic mass is 16.7. The van der Waals surface area contributed by atoms with E-state index in [1.165, 1.54) is 7.11 Å². The molecule has 19 nitrogen and oxygen atoms in total. The number of amidine groups is 1. The molecule has 4 N–H and O–H groups in total. The van der Waals surface area contributed by atoms with Gasteiger partial charge in [0.1, 0.15) is 24.0 Å². The summed E-state index contributed by atoms with van der Waals surface area (Å²) in [5.74, 6) is -5.32. The zero-order chi connectivity index (χ0) is 56.8. The number of aliphatic imine (C=N–C) groups is 1. The first-order chi connectivity index (χ1) is 36.9. The molecule has 2 aromatic carbocycles. The Morgan fingerprint density at radius 1 is 0.872 bits per heavy atom. The highest BCUT2D eigenvalue weighted by Gasteiger charge is 2.54. The van der Waals surface area contributed by atoms with E-state index in [0.717, 1.165) is 11.1 Å². The van der Waals surface area contributed by atoms with Crippen molar-refractivity contribution in [1.29, 1.82) is 0 Å². The molecule has 17 atom stereocenters. The number of fused-ring (bicyclic) bond motifs is 2. The minimum atomic E-state index is -1.71. The molecular weight excluding hydrogens is 1000 g/mol. The van der Waals surface area contributed by atoms with Crippen LogP contribution >= 0.6 is 0 Å². The van der Waals surface area contributed by atoms with Crippen molar-refractivity contribution in [2.45, 2.75) is 198 Å². The molecule has 2 aromatic rings. The highest BCUT2D eigenvalue weighted by Crippen LogP contribution is 2.41. The largest absolute Gasteiger partial charge is 0.454 e. The van der Waals surface area contributed by atoms with Crippen LogP contribution in [0.2, 0.25) is 0 Å². The average molecular weight is 1090 g/mol. The van der Waals surface area contributed by atoms with Crippen LogP contribution in [0.3, 0.4) is 0 Å². The Hall–Kier alpha value is -5.02. The number of nitrogens with zero attached hydrogens (tertiary/aromatic N) is 4. The van der Waals surface area contributed by atoms with Gasteiger partial charge in [-0.15, -0.1) is 0 Å². The summed E-state index contributed by atoms with van der Waals surface area (Å²) >= 11 is 0. The van der Waals surface area contributed by atoms with Gasteiger partial charge >= 0.3 is 0 Å².